The van der Waals surface area contributed by atoms with Gasteiger partial charge in [-0.2, -0.15) is 13.2 Å². The molecule has 1 aliphatic heterocycles. The van der Waals surface area contributed by atoms with Crippen LogP contribution in [0.4, 0.5) is 13.2 Å². The predicted octanol–water partition coefficient (Wildman–Crippen LogP) is 2.45. The Morgan fingerprint density at radius 3 is 2.57 bits per heavy atom. The molecule has 2 atom stereocenters. The highest BCUT2D eigenvalue weighted by Gasteiger charge is 2.50. The minimum atomic E-state index is -4.79. The number of carbonyl (C=O) groups is 1. The summed E-state index contributed by atoms with van der Waals surface area (Å²) >= 11 is -2.90. The Bertz CT molecular complexity index is 609. The number of alkyl halides is 3. The van der Waals surface area contributed by atoms with E-state index in [1.165, 1.54) is 38.2 Å². The van der Waals surface area contributed by atoms with E-state index in [0.29, 0.717) is 9.88 Å². The Morgan fingerprint density at radius 2 is 2.17 bits per heavy atom. The Labute approximate surface area is 134 Å². The summed E-state index contributed by atoms with van der Waals surface area (Å²) in [5.74, 6) is -0.505. The van der Waals surface area contributed by atoms with E-state index in [1.54, 1.807) is 0 Å². The van der Waals surface area contributed by atoms with E-state index in [-0.39, 0.29) is 11.3 Å². The Morgan fingerprint density at radius 1 is 1.57 bits per heavy atom. The van der Waals surface area contributed by atoms with Gasteiger partial charge in [0.15, 0.2) is 6.04 Å². The lowest BCUT2D eigenvalue weighted by atomic mass is 9.95. The van der Waals surface area contributed by atoms with Gasteiger partial charge in [-0.05, 0) is 24.1 Å². The molecule has 5 nitrogen and oxygen atoms in total. The van der Waals surface area contributed by atoms with Gasteiger partial charge in [-0.3, -0.25) is 13.7 Å². The molecule has 1 rings (SSSR count). The van der Waals surface area contributed by atoms with Crippen molar-refractivity contribution in [3.05, 3.63) is 47.7 Å². The average Bonchev–Trinajstić information content (AvgIpc) is 2.42. The van der Waals surface area contributed by atoms with Gasteiger partial charge in [0.05, 0.1) is 5.70 Å². The zero-order valence-corrected chi connectivity index (χ0v) is 13.4. The predicted molar refractivity (Wildman–Crippen MR) is 81.3 cm³/mol. The Balaban J connectivity index is 3.52. The molecule has 0 bridgehead atoms. The number of nitrogens with one attached hydrogen (secondary N) is 1. The van der Waals surface area contributed by atoms with Crippen molar-refractivity contribution in [2.24, 2.45) is 0 Å². The molecule has 0 aromatic heterocycles. The van der Waals surface area contributed by atoms with Crippen LogP contribution in [-0.4, -0.2) is 37.7 Å². The van der Waals surface area contributed by atoms with Crippen LogP contribution in [0.5, 0.6) is 0 Å². The van der Waals surface area contributed by atoms with Crippen LogP contribution in [-0.2, 0) is 16.1 Å². The fourth-order valence-corrected chi connectivity index (χ4v) is 3.03. The minimum absolute atomic E-state index is 0.0420. The van der Waals surface area contributed by atoms with Gasteiger partial charge in [0.25, 0.3) is 11.3 Å². The number of amides is 1. The maximum Gasteiger partial charge on any atom is 0.413 e. The van der Waals surface area contributed by atoms with Crippen molar-refractivity contribution < 1.29 is 26.7 Å². The Hall–Kier alpha value is -1.87. The lowest BCUT2D eigenvalue weighted by Crippen LogP contribution is -2.51. The number of carbonyl (C=O) groups excluding carboxylic acids is 1. The molecule has 1 unspecified atom stereocenters. The molecule has 0 saturated carbocycles. The number of hydrogen-bond acceptors (Lipinski definition) is 2. The molecular weight excluding hydrogens is 333 g/mol. The first kappa shape index (κ1) is 19.2. The lowest BCUT2D eigenvalue weighted by molar-refractivity contribution is -0.159. The average molecular weight is 350 g/mol. The van der Waals surface area contributed by atoms with E-state index in [0.717, 1.165) is 0 Å². The minimum Gasteiger partial charge on any atom is -0.353 e. The van der Waals surface area contributed by atoms with Crippen LogP contribution in [0.3, 0.4) is 0 Å². The molecule has 0 saturated heterocycles. The third kappa shape index (κ3) is 4.55. The highest BCUT2D eigenvalue weighted by Crippen LogP contribution is 2.39. The molecule has 128 valence electrons. The van der Waals surface area contributed by atoms with Gasteiger partial charge in [0.2, 0.25) is 5.91 Å². The van der Waals surface area contributed by atoms with Crippen LogP contribution in [0.25, 0.3) is 0 Å². The van der Waals surface area contributed by atoms with Crippen molar-refractivity contribution in [3.63, 3.8) is 0 Å². The lowest BCUT2D eigenvalue weighted by Gasteiger charge is -2.38. The normalized spacial score (nSPS) is 23.7. The van der Waals surface area contributed by atoms with Gasteiger partial charge >= 0.3 is 6.18 Å². The second kappa shape index (κ2) is 7.60. The van der Waals surface area contributed by atoms with Gasteiger partial charge in [-0.15, -0.1) is 0 Å². The van der Waals surface area contributed by atoms with Crippen molar-refractivity contribution in [3.8, 4) is 0 Å². The van der Waals surface area contributed by atoms with Gasteiger partial charge in [0, 0.05) is 13.5 Å². The van der Waals surface area contributed by atoms with Crippen LogP contribution < -0.4 is 5.32 Å². The molecular formula is C14H17F3N2O3S. The summed E-state index contributed by atoms with van der Waals surface area (Å²) in [7, 11) is 0. The standard InChI is InChI=1S/C14H17F3N2O3S/c1-4-6-10-7-11(8-18-9(3)20)13(14(15,16)17)19(23(21)22)12(10)5-2/h4-7,13H,1,8H2,2-3H3,(H,18,20)(H,21,22)/b10-6-,12-5+/t13-/m0/s1. The number of hydrogen-bond donors (Lipinski definition) is 2. The first-order valence-electron chi connectivity index (χ1n) is 6.54. The summed E-state index contributed by atoms with van der Waals surface area (Å²) in [6, 6.07) is -2.31. The fraction of sp³-hybridized carbons (Fsp3) is 0.357. The number of allylic oxidation sites excluding steroid dienone is 4. The summed E-state index contributed by atoms with van der Waals surface area (Å²) in [5, 5.41) is 2.29. The molecule has 1 amide bonds. The SMILES string of the molecule is C=C/C=C1/C=C(CNC(C)=O)[C@@H](C(F)(F)F)N(S(=O)O)/C1=C/C. The van der Waals surface area contributed by atoms with Crippen molar-refractivity contribution in [1.82, 2.24) is 9.62 Å². The van der Waals surface area contributed by atoms with Crippen LogP contribution in [0.1, 0.15) is 13.8 Å². The second-order valence-electron chi connectivity index (χ2n) is 4.66. The first-order valence-corrected chi connectivity index (χ1v) is 7.61. The molecule has 0 aromatic carbocycles. The van der Waals surface area contributed by atoms with E-state index in [4.69, 9.17) is 0 Å². The van der Waals surface area contributed by atoms with Gasteiger partial charge in [-0.1, -0.05) is 24.8 Å². The molecule has 0 aromatic rings. The van der Waals surface area contributed by atoms with Crippen molar-refractivity contribution in [1.29, 1.82) is 0 Å². The highest BCUT2D eigenvalue weighted by molar-refractivity contribution is 7.76. The largest absolute Gasteiger partial charge is 0.413 e. The second-order valence-corrected chi connectivity index (χ2v) is 5.52. The van der Waals surface area contributed by atoms with E-state index in [1.807, 2.05) is 0 Å². The molecule has 2 N–H and O–H groups in total. The number of nitrogens with zero attached hydrogens (tertiary/aromatic N) is 1. The van der Waals surface area contributed by atoms with E-state index >= 15 is 0 Å². The molecule has 1 heterocycles. The molecule has 0 radical (unpaired) electrons. The summed E-state index contributed by atoms with van der Waals surface area (Å²) in [5.41, 5.74) is 0.0131. The topological polar surface area (TPSA) is 69.6 Å². The van der Waals surface area contributed by atoms with E-state index < -0.39 is 35.9 Å². The van der Waals surface area contributed by atoms with Crippen molar-refractivity contribution in [2.45, 2.75) is 26.1 Å². The zero-order chi connectivity index (χ0) is 17.8. The third-order valence-electron chi connectivity index (χ3n) is 3.05. The quantitative estimate of drug-likeness (QED) is 0.765. The smallest absolute Gasteiger partial charge is 0.353 e. The highest BCUT2D eigenvalue weighted by atomic mass is 32.2. The van der Waals surface area contributed by atoms with Crippen LogP contribution in [0, 0.1) is 0 Å². The monoisotopic (exact) mass is 350 g/mol. The molecule has 0 spiro atoms. The number of rotatable bonds is 4. The van der Waals surface area contributed by atoms with Crippen LogP contribution >= 0.6 is 0 Å². The molecule has 0 fully saturated rings. The first-order chi connectivity index (χ1) is 10.6. The van der Waals surface area contributed by atoms with E-state index in [9.17, 15) is 26.7 Å². The van der Waals surface area contributed by atoms with Gasteiger partial charge < -0.3 is 5.32 Å². The van der Waals surface area contributed by atoms with E-state index in [2.05, 4.69) is 11.9 Å². The molecule has 23 heavy (non-hydrogen) atoms. The summed E-state index contributed by atoms with van der Waals surface area (Å²) in [4.78, 5) is 11.0. The van der Waals surface area contributed by atoms with Gasteiger partial charge in [0.1, 0.15) is 0 Å². The van der Waals surface area contributed by atoms with Crippen LogP contribution in [0.15, 0.2) is 47.7 Å². The zero-order valence-electron chi connectivity index (χ0n) is 12.6. The summed E-state index contributed by atoms with van der Waals surface area (Å²) in [6.07, 6.45) is 0.548. The van der Waals surface area contributed by atoms with Gasteiger partial charge in [-0.25, -0.2) is 4.21 Å². The van der Waals surface area contributed by atoms with Crippen LogP contribution in [0.2, 0.25) is 0 Å². The Kier molecular flexibility index (Phi) is 6.34. The molecule has 0 aliphatic carbocycles. The van der Waals surface area contributed by atoms with Crippen molar-refractivity contribution in [2.75, 3.05) is 6.54 Å². The maximum absolute atomic E-state index is 13.4. The van der Waals surface area contributed by atoms with Crippen molar-refractivity contribution >= 4 is 17.2 Å². The maximum atomic E-state index is 13.4. The third-order valence-corrected chi connectivity index (χ3v) is 3.79. The molecule has 9 heteroatoms. The molecule has 1 aliphatic rings. The fourth-order valence-electron chi connectivity index (χ4n) is 2.22. The number of halogens is 3. The summed E-state index contributed by atoms with van der Waals surface area (Å²) < 4.78 is 61.6. The summed E-state index contributed by atoms with van der Waals surface area (Å²) in [6.45, 7) is 5.73.